The zero-order valence-electron chi connectivity index (χ0n) is 18.2. The maximum absolute atomic E-state index is 12.9. The van der Waals surface area contributed by atoms with Gasteiger partial charge in [0.05, 0.1) is 12.7 Å². The summed E-state index contributed by atoms with van der Waals surface area (Å²) in [4.78, 5) is 24.3. The lowest BCUT2D eigenvalue weighted by atomic mass is 9.95. The molecule has 1 fully saturated rings. The second-order valence-electron chi connectivity index (χ2n) is 7.82. The second-order valence-corrected chi connectivity index (χ2v) is 9.47. The molecule has 0 atom stereocenters. The quantitative estimate of drug-likeness (QED) is 0.584. The van der Waals surface area contributed by atoms with E-state index in [1.165, 1.54) is 31.7 Å². The molecule has 1 saturated carbocycles. The number of amides is 1. The summed E-state index contributed by atoms with van der Waals surface area (Å²) in [7, 11) is -2.70. The van der Waals surface area contributed by atoms with Crippen LogP contribution in [0.15, 0.2) is 47.4 Å². The summed E-state index contributed by atoms with van der Waals surface area (Å²) in [6, 6.07) is 10.9. The molecule has 2 aromatic rings. The molecule has 2 N–H and O–H groups in total. The molecular formula is C23H28N2O6S. The fourth-order valence-corrected chi connectivity index (χ4v) is 4.83. The van der Waals surface area contributed by atoms with Crippen LogP contribution in [0.4, 0.5) is 5.69 Å². The van der Waals surface area contributed by atoms with Crippen molar-refractivity contribution < 1.29 is 27.5 Å². The van der Waals surface area contributed by atoms with Crippen molar-refractivity contribution in [3.05, 3.63) is 53.6 Å². The van der Waals surface area contributed by atoms with Gasteiger partial charge in [-0.25, -0.2) is 13.2 Å². The van der Waals surface area contributed by atoms with Gasteiger partial charge in [-0.3, -0.25) is 9.52 Å². The van der Waals surface area contributed by atoms with Crippen molar-refractivity contribution in [2.24, 2.45) is 0 Å². The van der Waals surface area contributed by atoms with Gasteiger partial charge in [0.2, 0.25) is 0 Å². The van der Waals surface area contributed by atoms with E-state index in [4.69, 9.17) is 9.47 Å². The average Bonchev–Trinajstić information content (AvgIpc) is 2.79. The topological polar surface area (TPSA) is 111 Å². The molecule has 172 valence electrons. The monoisotopic (exact) mass is 460 g/mol. The molecule has 9 heteroatoms. The minimum atomic E-state index is -4.04. The van der Waals surface area contributed by atoms with E-state index in [0.717, 1.165) is 31.2 Å². The van der Waals surface area contributed by atoms with Gasteiger partial charge in [-0.15, -0.1) is 0 Å². The molecule has 0 aliphatic heterocycles. The summed E-state index contributed by atoms with van der Waals surface area (Å²) in [5.41, 5.74) is 1.37. The Labute approximate surface area is 188 Å². The molecule has 0 radical (unpaired) electrons. The molecule has 0 heterocycles. The van der Waals surface area contributed by atoms with Crippen LogP contribution in [-0.2, 0) is 19.6 Å². The Morgan fingerprint density at radius 1 is 1.03 bits per heavy atom. The van der Waals surface area contributed by atoms with E-state index in [-0.39, 0.29) is 28.2 Å². The van der Waals surface area contributed by atoms with Gasteiger partial charge in [0, 0.05) is 11.7 Å². The van der Waals surface area contributed by atoms with Crippen LogP contribution in [0.3, 0.4) is 0 Å². The summed E-state index contributed by atoms with van der Waals surface area (Å²) in [5.74, 6) is -1.08. The Kier molecular flexibility index (Phi) is 7.74. The van der Waals surface area contributed by atoms with Gasteiger partial charge in [-0.05, 0) is 50.1 Å². The summed E-state index contributed by atoms with van der Waals surface area (Å²) in [6.45, 7) is 1.47. The van der Waals surface area contributed by atoms with Crippen LogP contribution in [0.5, 0.6) is 5.75 Å². The summed E-state index contributed by atoms with van der Waals surface area (Å²) in [6.07, 6.45) is 5.17. The van der Waals surface area contributed by atoms with Gasteiger partial charge in [0.15, 0.2) is 6.61 Å². The van der Waals surface area contributed by atoms with Crippen molar-refractivity contribution >= 4 is 27.6 Å². The third-order valence-corrected chi connectivity index (χ3v) is 6.70. The summed E-state index contributed by atoms with van der Waals surface area (Å²) < 4.78 is 38.6. The maximum atomic E-state index is 12.9. The second kappa shape index (κ2) is 10.5. The van der Waals surface area contributed by atoms with Gasteiger partial charge < -0.3 is 14.8 Å². The number of benzene rings is 2. The van der Waals surface area contributed by atoms with Crippen LogP contribution in [0, 0.1) is 6.92 Å². The van der Waals surface area contributed by atoms with Crippen LogP contribution in [0.1, 0.15) is 48.0 Å². The van der Waals surface area contributed by atoms with Crippen molar-refractivity contribution in [2.45, 2.75) is 50.0 Å². The fourth-order valence-electron chi connectivity index (χ4n) is 3.58. The van der Waals surface area contributed by atoms with Crippen LogP contribution < -0.4 is 14.8 Å². The molecule has 0 saturated heterocycles. The zero-order chi connectivity index (χ0) is 23.1. The van der Waals surface area contributed by atoms with E-state index in [1.807, 2.05) is 6.92 Å². The number of hydrogen-bond acceptors (Lipinski definition) is 6. The smallest absolute Gasteiger partial charge is 0.338 e. The molecule has 2 aromatic carbocycles. The molecule has 1 amide bonds. The molecule has 3 rings (SSSR count). The predicted octanol–water partition coefficient (Wildman–Crippen LogP) is 3.41. The highest BCUT2D eigenvalue weighted by Gasteiger charge is 2.23. The summed E-state index contributed by atoms with van der Waals surface area (Å²) >= 11 is 0. The summed E-state index contributed by atoms with van der Waals surface area (Å²) in [5, 5.41) is 2.87. The highest BCUT2D eigenvalue weighted by Crippen LogP contribution is 2.27. The molecule has 1 aliphatic carbocycles. The number of ether oxygens (including phenoxy) is 2. The third-order valence-electron chi connectivity index (χ3n) is 5.30. The Morgan fingerprint density at radius 2 is 1.72 bits per heavy atom. The molecular weight excluding hydrogens is 432 g/mol. The van der Waals surface area contributed by atoms with Gasteiger partial charge in [0.25, 0.3) is 15.9 Å². The van der Waals surface area contributed by atoms with Crippen molar-refractivity contribution in [3.63, 3.8) is 0 Å². The average molecular weight is 461 g/mol. The van der Waals surface area contributed by atoms with Crippen LogP contribution in [0.25, 0.3) is 0 Å². The fraction of sp³-hybridized carbons (Fsp3) is 0.391. The van der Waals surface area contributed by atoms with E-state index in [2.05, 4.69) is 10.0 Å². The highest BCUT2D eigenvalue weighted by molar-refractivity contribution is 7.92. The number of hydrogen-bond donors (Lipinski definition) is 2. The van der Waals surface area contributed by atoms with E-state index < -0.39 is 22.6 Å². The van der Waals surface area contributed by atoms with Crippen molar-refractivity contribution in [1.82, 2.24) is 5.32 Å². The Hall–Kier alpha value is -3.07. The Balaban J connectivity index is 1.69. The first-order valence-electron chi connectivity index (χ1n) is 10.5. The third kappa shape index (κ3) is 6.23. The highest BCUT2D eigenvalue weighted by atomic mass is 32.2. The van der Waals surface area contributed by atoms with Crippen molar-refractivity contribution in [1.29, 1.82) is 0 Å². The minimum absolute atomic E-state index is 0.000507. The number of nitrogens with one attached hydrogen (secondary N) is 2. The largest absolute Gasteiger partial charge is 0.495 e. The van der Waals surface area contributed by atoms with Gasteiger partial charge >= 0.3 is 5.97 Å². The lowest BCUT2D eigenvalue weighted by Gasteiger charge is -2.22. The maximum Gasteiger partial charge on any atom is 0.338 e. The minimum Gasteiger partial charge on any atom is -0.495 e. The predicted molar refractivity (Wildman–Crippen MR) is 120 cm³/mol. The number of carbonyl (C=O) groups excluding carboxylic acids is 2. The lowest BCUT2D eigenvalue weighted by molar-refractivity contribution is -0.125. The Bertz CT molecular complexity index is 1060. The molecule has 1 aliphatic rings. The van der Waals surface area contributed by atoms with E-state index in [1.54, 1.807) is 24.3 Å². The number of sulfonamides is 1. The van der Waals surface area contributed by atoms with Crippen molar-refractivity contribution in [3.8, 4) is 5.75 Å². The normalized spacial score (nSPS) is 14.4. The number of anilines is 1. The molecule has 0 unspecified atom stereocenters. The number of aryl methyl sites for hydroxylation is 1. The zero-order valence-corrected chi connectivity index (χ0v) is 19.0. The van der Waals surface area contributed by atoms with Crippen LogP contribution in [0.2, 0.25) is 0 Å². The first kappa shape index (κ1) is 23.6. The molecule has 0 bridgehead atoms. The van der Waals surface area contributed by atoms with E-state index in [9.17, 15) is 18.0 Å². The SMILES string of the molecule is COc1ccc(C(=O)OCC(=O)NC2CCCCC2)cc1S(=O)(=O)Nc1ccc(C)cc1. The molecule has 0 spiro atoms. The first-order valence-corrected chi connectivity index (χ1v) is 12.0. The lowest BCUT2D eigenvalue weighted by Crippen LogP contribution is -2.38. The van der Waals surface area contributed by atoms with Crippen LogP contribution >= 0.6 is 0 Å². The first-order chi connectivity index (χ1) is 15.3. The van der Waals surface area contributed by atoms with Gasteiger partial charge in [-0.1, -0.05) is 37.0 Å². The van der Waals surface area contributed by atoms with E-state index >= 15 is 0 Å². The Morgan fingerprint density at radius 3 is 2.38 bits per heavy atom. The number of rotatable bonds is 8. The number of methoxy groups -OCH3 is 1. The number of carbonyl (C=O) groups is 2. The van der Waals surface area contributed by atoms with E-state index in [0.29, 0.717) is 5.69 Å². The standard InChI is InChI=1S/C23H28N2O6S/c1-16-8-11-19(12-9-16)25-32(28,29)21-14-17(10-13-20(21)30-2)23(27)31-15-22(26)24-18-6-4-3-5-7-18/h8-14,18,25H,3-7,15H2,1-2H3,(H,24,26). The van der Waals surface area contributed by atoms with Crippen LogP contribution in [-0.4, -0.2) is 40.1 Å². The van der Waals surface area contributed by atoms with Gasteiger partial charge in [0.1, 0.15) is 10.6 Å². The number of esters is 1. The molecule has 32 heavy (non-hydrogen) atoms. The molecule has 8 nitrogen and oxygen atoms in total. The van der Waals surface area contributed by atoms with Gasteiger partial charge in [-0.2, -0.15) is 0 Å². The molecule has 0 aromatic heterocycles. The van der Waals surface area contributed by atoms with Crippen molar-refractivity contribution in [2.75, 3.05) is 18.4 Å².